The van der Waals surface area contributed by atoms with Crippen LogP contribution >= 0.6 is 15.9 Å². The van der Waals surface area contributed by atoms with Crippen molar-refractivity contribution in [3.05, 3.63) is 15.9 Å². The van der Waals surface area contributed by atoms with Gasteiger partial charge < -0.3 is 0 Å². The lowest BCUT2D eigenvalue weighted by molar-refractivity contribution is -0.118. The van der Waals surface area contributed by atoms with Crippen molar-refractivity contribution < 1.29 is 4.79 Å². The van der Waals surface area contributed by atoms with Crippen molar-refractivity contribution in [3.63, 3.8) is 0 Å². The van der Waals surface area contributed by atoms with Gasteiger partial charge in [-0.1, -0.05) is 45.4 Å². The second-order valence-corrected chi connectivity index (χ2v) is 6.54. The van der Waals surface area contributed by atoms with Crippen LogP contribution in [-0.2, 0) is 17.8 Å². The molecule has 1 aromatic rings. The number of nitrogens with zero attached hydrogens (tertiary/aromatic N) is 2. The number of hydrogen-bond donors (Lipinski definition) is 0. The largest absolute Gasteiger partial charge is 0.299 e. The fourth-order valence-electron chi connectivity index (χ4n) is 2.59. The first-order valence-electron chi connectivity index (χ1n) is 8.33. The summed E-state index contributed by atoms with van der Waals surface area (Å²) in [6.45, 7) is 7.08. The van der Waals surface area contributed by atoms with Crippen LogP contribution in [-0.4, -0.2) is 15.6 Å². The summed E-state index contributed by atoms with van der Waals surface area (Å²) in [7, 11) is 0. The second kappa shape index (κ2) is 10.1. The molecule has 0 N–H and O–H groups in total. The van der Waals surface area contributed by atoms with Gasteiger partial charge in [0.05, 0.1) is 15.9 Å². The molecule has 1 aromatic heterocycles. The van der Waals surface area contributed by atoms with E-state index in [9.17, 15) is 4.79 Å². The third kappa shape index (κ3) is 6.33. The molecule has 0 aliphatic heterocycles. The number of hydrogen-bond acceptors (Lipinski definition) is 2. The predicted molar refractivity (Wildman–Crippen MR) is 91.7 cm³/mol. The van der Waals surface area contributed by atoms with Gasteiger partial charge in [0.25, 0.3) is 0 Å². The Kier molecular flexibility index (Phi) is 8.90. The molecule has 0 bridgehead atoms. The lowest BCUT2D eigenvalue weighted by Crippen LogP contribution is -2.09. The van der Waals surface area contributed by atoms with E-state index in [2.05, 4.69) is 34.9 Å². The zero-order valence-electron chi connectivity index (χ0n) is 13.8. The molecule has 1 rings (SSSR count). The molecule has 0 fully saturated rings. The number of unbranched alkanes of at least 4 members (excludes halogenated alkanes) is 6. The van der Waals surface area contributed by atoms with Gasteiger partial charge in [-0.3, -0.25) is 9.48 Å². The maximum absolute atomic E-state index is 12.1. The van der Waals surface area contributed by atoms with E-state index < -0.39 is 0 Å². The summed E-state index contributed by atoms with van der Waals surface area (Å²) in [5.74, 6) is 0.332. The molecule has 0 radical (unpaired) electrons. The molecule has 120 valence electrons. The van der Waals surface area contributed by atoms with Crippen molar-refractivity contribution in [2.75, 3.05) is 0 Å². The average Bonchev–Trinajstić information content (AvgIpc) is 2.74. The molecule has 4 heteroatoms. The van der Waals surface area contributed by atoms with E-state index >= 15 is 0 Å². The molecular weight excluding hydrogens is 328 g/mol. The number of Topliss-reactive ketones (excluding diaryl/α,β-unsaturated/α-hetero) is 1. The average molecular weight is 357 g/mol. The van der Waals surface area contributed by atoms with Gasteiger partial charge in [-0.15, -0.1) is 0 Å². The van der Waals surface area contributed by atoms with Crippen LogP contribution in [0.5, 0.6) is 0 Å². The van der Waals surface area contributed by atoms with E-state index in [-0.39, 0.29) is 0 Å². The summed E-state index contributed by atoms with van der Waals surface area (Å²) < 4.78 is 2.93. The molecule has 0 unspecified atom stereocenters. The van der Waals surface area contributed by atoms with E-state index in [1.807, 2.05) is 11.6 Å². The Balaban J connectivity index is 2.28. The highest BCUT2D eigenvalue weighted by Crippen LogP contribution is 2.22. The fourth-order valence-corrected chi connectivity index (χ4v) is 3.02. The highest BCUT2D eigenvalue weighted by atomic mass is 79.9. The first-order chi connectivity index (χ1) is 10.1. The van der Waals surface area contributed by atoms with Crippen LogP contribution in [0.25, 0.3) is 0 Å². The molecule has 0 amide bonds. The Morgan fingerprint density at radius 2 is 1.71 bits per heavy atom. The summed E-state index contributed by atoms with van der Waals surface area (Å²) in [6.07, 6.45) is 9.97. The minimum absolute atomic E-state index is 0.332. The van der Waals surface area contributed by atoms with Crippen molar-refractivity contribution in [1.82, 2.24) is 9.78 Å². The van der Waals surface area contributed by atoms with Gasteiger partial charge in [0, 0.05) is 19.4 Å². The quantitative estimate of drug-likeness (QED) is 0.509. The van der Waals surface area contributed by atoms with E-state index in [0.717, 1.165) is 28.8 Å². The standard InChI is InChI=1S/C17H29BrN2O/c1-4-6-7-8-9-10-11-12-15(21)13-16-17(18)14(3)19-20(16)5-2/h4-13H2,1-3H3. The fraction of sp³-hybridized carbons (Fsp3) is 0.765. The molecule has 21 heavy (non-hydrogen) atoms. The summed E-state index contributed by atoms with van der Waals surface area (Å²) in [4.78, 5) is 12.1. The number of ketones is 1. The lowest BCUT2D eigenvalue weighted by Gasteiger charge is -2.05. The number of carbonyl (C=O) groups is 1. The minimum Gasteiger partial charge on any atom is -0.299 e. The molecule has 0 aliphatic carbocycles. The topological polar surface area (TPSA) is 34.9 Å². The van der Waals surface area contributed by atoms with Crippen LogP contribution in [0.3, 0.4) is 0 Å². The van der Waals surface area contributed by atoms with E-state index in [4.69, 9.17) is 0 Å². The Hall–Kier alpha value is -0.640. The minimum atomic E-state index is 0.332. The van der Waals surface area contributed by atoms with Crippen LogP contribution in [0.2, 0.25) is 0 Å². The highest BCUT2D eigenvalue weighted by molar-refractivity contribution is 9.10. The summed E-state index contributed by atoms with van der Waals surface area (Å²) in [5, 5.41) is 4.44. The third-order valence-corrected chi connectivity index (χ3v) is 4.91. The van der Waals surface area contributed by atoms with Crippen LogP contribution < -0.4 is 0 Å². The number of halogens is 1. The monoisotopic (exact) mass is 356 g/mol. The van der Waals surface area contributed by atoms with E-state index in [1.165, 1.54) is 38.5 Å². The van der Waals surface area contributed by atoms with E-state index in [0.29, 0.717) is 18.6 Å². The van der Waals surface area contributed by atoms with Crippen molar-refractivity contribution >= 4 is 21.7 Å². The summed E-state index contributed by atoms with van der Waals surface area (Å²) in [5.41, 5.74) is 2.00. The smallest absolute Gasteiger partial charge is 0.138 e. The first-order valence-corrected chi connectivity index (χ1v) is 9.12. The molecule has 0 atom stereocenters. The summed E-state index contributed by atoms with van der Waals surface area (Å²) in [6, 6.07) is 0. The van der Waals surface area contributed by atoms with Gasteiger partial charge in [0.1, 0.15) is 5.78 Å². The zero-order chi connectivity index (χ0) is 15.7. The normalized spacial score (nSPS) is 11.0. The SMILES string of the molecule is CCCCCCCCCC(=O)Cc1c(Br)c(C)nn1CC. The molecule has 1 heterocycles. The maximum atomic E-state index is 12.1. The van der Waals surface area contributed by atoms with Crippen molar-refractivity contribution in [2.45, 2.75) is 85.1 Å². The Labute approximate surface area is 137 Å². The highest BCUT2D eigenvalue weighted by Gasteiger charge is 2.15. The Morgan fingerprint density at radius 1 is 1.10 bits per heavy atom. The van der Waals surface area contributed by atoms with Crippen LogP contribution in [0.1, 0.15) is 76.6 Å². The van der Waals surface area contributed by atoms with Crippen LogP contribution in [0.4, 0.5) is 0 Å². The zero-order valence-corrected chi connectivity index (χ0v) is 15.3. The molecule has 0 spiro atoms. The predicted octanol–water partition coefficient (Wildman–Crippen LogP) is 5.23. The number of aryl methyl sites for hydroxylation is 2. The van der Waals surface area contributed by atoms with Crippen molar-refractivity contribution in [3.8, 4) is 0 Å². The molecule has 0 saturated carbocycles. The first kappa shape index (κ1) is 18.4. The summed E-state index contributed by atoms with van der Waals surface area (Å²) >= 11 is 3.55. The molecule has 0 aliphatic rings. The third-order valence-electron chi connectivity index (χ3n) is 3.88. The van der Waals surface area contributed by atoms with Crippen molar-refractivity contribution in [1.29, 1.82) is 0 Å². The molecule has 3 nitrogen and oxygen atoms in total. The lowest BCUT2D eigenvalue weighted by atomic mass is 10.0. The number of aromatic nitrogens is 2. The van der Waals surface area contributed by atoms with Gasteiger partial charge >= 0.3 is 0 Å². The Bertz CT molecular complexity index is 440. The maximum Gasteiger partial charge on any atom is 0.138 e. The second-order valence-electron chi connectivity index (χ2n) is 5.75. The van der Waals surface area contributed by atoms with Crippen LogP contribution in [0.15, 0.2) is 4.47 Å². The molecule has 0 aromatic carbocycles. The molecular formula is C17H29BrN2O. The van der Waals surface area contributed by atoms with Crippen LogP contribution in [0, 0.1) is 6.92 Å². The van der Waals surface area contributed by atoms with Gasteiger partial charge in [0.2, 0.25) is 0 Å². The van der Waals surface area contributed by atoms with E-state index in [1.54, 1.807) is 0 Å². The van der Waals surface area contributed by atoms with Gasteiger partial charge in [-0.2, -0.15) is 5.10 Å². The Morgan fingerprint density at radius 3 is 2.33 bits per heavy atom. The molecule has 0 saturated heterocycles. The van der Waals surface area contributed by atoms with Gasteiger partial charge in [0.15, 0.2) is 0 Å². The van der Waals surface area contributed by atoms with Gasteiger partial charge in [-0.25, -0.2) is 0 Å². The number of rotatable bonds is 11. The number of carbonyl (C=O) groups excluding carboxylic acids is 1. The van der Waals surface area contributed by atoms with Gasteiger partial charge in [-0.05, 0) is 36.2 Å². The van der Waals surface area contributed by atoms with Crippen molar-refractivity contribution in [2.24, 2.45) is 0 Å².